The van der Waals surface area contributed by atoms with Crippen molar-refractivity contribution in [3.63, 3.8) is 0 Å². The van der Waals surface area contributed by atoms with Gasteiger partial charge in [0.25, 0.3) is 0 Å². The van der Waals surface area contributed by atoms with Gasteiger partial charge in [-0.05, 0) is 30.9 Å². The number of hydrogen-bond donors (Lipinski definition) is 2. The molecule has 0 bridgehead atoms. The molecule has 0 aliphatic rings. The predicted molar refractivity (Wildman–Crippen MR) is 69.5 cm³/mol. The van der Waals surface area contributed by atoms with Gasteiger partial charge in [-0.2, -0.15) is 4.98 Å². The van der Waals surface area contributed by atoms with Crippen LogP contribution in [0, 0.1) is 6.92 Å². The zero-order chi connectivity index (χ0) is 12.4. The van der Waals surface area contributed by atoms with Crippen molar-refractivity contribution < 1.29 is 0 Å². The molecular weight excluding hydrogens is 214 g/mol. The van der Waals surface area contributed by atoms with E-state index in [-0.39, 0.29) is 5.95 Å². The Balaban J connectivity index is 2.58. The molecule has 0 aliphatic heterocycles. The highest BCUT2D eigenvalue weighted by Crippen LogP contribution is 2.23. The van der Waals surface area contributed by atoms with E-state index in [2.05, 4.69) is 21.9 Å². The molecule has 0 aliphatic carbocycles. The van der Waals surface area contributed by atoms with Crippen LogP contribution in [-0.4, -0.2) is 15.0 Å². The lowest BCUT2D eigenvalue weighted by atomic mass is 10.0. The summed E-state index contributed by atoms with van der Waals surface area (Å²) in [5.41, 5.74) is 15.1. The fraction of sp³-hybridized carbons (Fsp3) is 0.417. The fourth-order valence-corrected chi connectivity index (χ4v) is 1.89. The second kappa shape index (κ2) is 4.53. The van der Waals surface area contributed by atoms with Crippen LogP contribution in [0.5, 0.6) is 0 Å². The normalized spacial score (nSPS) is 10.9. The molecule has 5 nitrogen and oxygen atoms in total. The van der Waals surface area contributed by atoms with Crippen molar-refractivity contribution in [1.82, 2.24) is 15.0 Å². The van der Waals surface area contributed by atoms with Crippen LogP contribution in [0.4, 0.5) is 11.8 Å². The third-order valence-electron chi connectivity index (χ3n) is 2.91. The first kappa shape index (κ1) is 11.6. The fourth-order valence-electron chi connectivity index (χ4n) is 1.89. The molecule has 17 heavy (non-hydrogen) atoms. The van der Waals surface area contributed by atoms with E-state index in [0.29, 0.717) is 11.3 Å². The van der Waals surface area contributed by atoms with Gasteiger partial charge in [0.05, 0.1) is 5.52 Å². The van der Waals surface area contributed by atoms with E-state index in [4.69, 9.17) is 11.5 Å². The average molecular weight is 231 g/mol. The number of unbranched alkanes of at least 4 members (excludes halogenated alkanes) is 1. The van der Waals surface area contributed by atoms with Crippen LogP contribution < -0.4 is 11.5 Å². The molecule has 0 unspecified atom stereocenters. The summed E-state index contributed by atoms with van der Waals surface area (Å²) in [4.78, 5) is 12.5. The number of pyridine rings is 1. The van der Waals surface area contributed by atoms with E-state index in [1.165, 1.54) is 5.56 Å². The van der Waals surface area contributed by atoms with Crippen molar-refractivity contribution in [2.24, 2.45) is 0 Å². The first-order valence-electron chi connectivity index (χ1n) is 5.80. The Morgan fingerprint density at radius 2 is 1.94 bits per heavy atom. The zero-order valence-corrected chi connectivity index (χ0v) is 10.2. The average Bonchev–Trinajstić information content (AvgIpc) is 2.29. The molecule has 2 heterocycles. The smallest absolute Gasteiger partial charge is 0.222 e. The van der Waals surface area contributed by atoms with E-state index in [9.17, 15) is 0 Å². The maximum Gasteiger partial charge on any atom is 0.222 e. The summed E-state index contributed by atoms with van der Waals surface area (Å²) in [6, 6.07) is 0. The lowest BCUT2D eigenvalue weighted by molar-refractivity contribution is 0.789. The second-order valence-electron chi connectivity index (χ2n) is 4.18. The zero-order valence-electron chi connectivity index (χ0n) is 10.2. The Hall–Kier alpha value is -1.91. The third-order valence-corrected chi connectivity index (χ3v) is 2.91. The van der Waals surface area contributed by atoms with Gasteiger partial charge in [0.2, 0.25) is 5.95 Å². The van der Waals surface area contributed by atoms with E-state index in [1.807, 2.05) is 13.1 Å². The number of nitrogens with two attached hydrogens (primary N) is 2. The Morgan fingerprint density at radius 1 is 1.18 bits per heavy atom. The van der Waals surface area contributed by atoms with Crippen LogP contribution in [0.2, 0.25) is 0 Å². The molecule has 0 amide bonds. The number of nitrogen functional groups attached to an aromatic ring is 2. The number of anilines is 2. The standard InChI is InChI=1S/C12H17N5/c1-3-4-5-8-6-15-10-9(7(8)2)16-12(14)17-11(10)13/h6H,3-5H2,1-2H3,(H4,13,14,16,17). The van der Waals surface area contributed by atoms with Crippen molar-refractivity contribution in [3.05, 3.63) is 17.3 Å². The van der Waals surface area contributed by atoms with Gasteiger partial charge < -0.3 is 11.5 Å². The van der Waals surface area contributed by atoms with Gasteiger partial charge in [-0.3, -0.25) is 4.98 Å². The SMILES string of the molecule is CCCCc1cnc2c(N)nc(N)nc2c1C. The molecule has 2 aromatic rings. The summed E-state index contributed by atoms with van der Waals surface area (Å²) < 4.78 is 0. The first-order valence-corrected chi connectivity index (χ1v) is 5.80. The minimum Gasteiger partial charge on any atom is -0.382 e. The van der Waals surface area contributed by atoms with Crippen LogP contribution in [0.25, 0.3) is 11.0 Å². The number of nitrogens with zero attached hydrogens (tertiary/aromatic N) is 3. The van der Waals surface area contributed by atoms with Gasteiger partial charge in [0.15, 0.2) is 5.82 Å². The summed E-state index contributed by atoms with van der Waals surface area (Å²) in [6.07, 6.45) is 5.17. The van der Waals surface area contributed by atoms with Crippen LogP contribution in [0.15, 0.2) is 6.20 Å². The maximum atomic E-state index is 5.78. The Morgan fingerprint density at radius 3 is 2.65 bits per heavy atom. The van der Waals surface area contributed by atoms with Gasteiger partial charge >= 0.3 is 0 Å². The molecule has 0 spiro atoms. The van der Waals surface area contributed by atoms with E-state index < -0.39 is 0 Å². The van der Waals surface area contributed by atoms with Crippen molar-refractivity contribution in [1.29, 1.82) is 0 Å². The highest BCUT2D eigenvalue weighted by atomic mass is 15.0. The summed E-state index contributed by atoms with van der Waals surface area (Å²) in [5, 5.41) is 0. The van der Waals surface area contributed by atoms with E-state index in [1.54, 1.807) is 0 Å². The number of aryl methyl sites for hydroxylation is 2. The second-order valence-corrected chi connectivity index (χ2v) is 4.18. The van der Waals surface area contributed by atoms with Gasteiger partial charge in [-0.25, -0.2) is 4.98 Å². The molecule has 2 aromatic heterocycles. The topological polar surface area (TPSA) is 90.7 Å². The van der Waals surface area contributed by atoms with Crippen molar-refractivity contribution >= 4 is 22.8 Å². The molecule has 0 atom stereocenters. The lowest BCUT2D eigenvalue weighted by Crippen LogP contribution is -2.04. The first-order chi connectivity index (χ1) is 8.13. The summed E-state index contributed by atoms with van der Waals surface area (Å²) in [5.74, 6) is 0.546. The predicted octanol–water partition coefficient (Wildman–Crippen LogP) is 1.84. The molecule has 0 saturated heterocycles. The molecule has 2 rings (SSSR count). The van der Waals surface area contributed by atoms with Crippen LogP contribution in [-0.2, 0) is 6.42 Å². The Bertz CT molecular complexity index is 550. The Kier molecular flexibility index (Phi) is 3.08. The van der Waals surface area contributed by atoms with Gasteiger partial charge in [-0.15, -0.1) is 0 Å². The van der Waals surface area contributed by atoms with Gasteiger partial charge in [0.1, 0.15) is 5.52 Å². The molecule has 0 radical (unpaired) electrons. The van der Waals surface area contributed by atoms with Gasteiger partial charge in [0, 0.05) is 6.20 Å². The van der Waals surface area contributed by atoms with Crippen molar-refractivity contribution in [3.8, 4) is 0 Å². The highest BCUT2D eigenvalue weighted by Gasteiger charge is 2.10. The monoisotopic (exact) mass is 231 g/mol. The third kappa shape index (κ3) is 2.13. The number of fused-ring (bicyclic) bond motifs is 1. The Labute approximate surface area is 100 Å². The number of rotatable bonds is 3. The lowest BCUT2D eigenvalue weighted by Gasteiger charge is -2.09. The van der Waals surface area contributed by atoms with E-state index in [0.717, 1.165) is 30.3 Å². The molecule has 4 N–H and O–H groups in total. The molecule has 0 saturated carbocycles. The molecule has 90 valence electrons. The highest BCUT2D eigenvalue weighted by molar-refractivity contribution is 5.87. The van der Waals surface area contributed by atoms with Gasteiger partial charge in [-0.1, -0.05) is 13.3 Å². The summed E-state index contributed by atoms with van der Waals surface area (Å²) >= 11 is 0. The molecular formula is C12H17N5. The molecule has 5 heteroatoms. The summed E-state index contributed by atoms with van der Waals surface area (Å²) in [7, 11) is 0. The molecule has 0 aromatic carbocycles. The number of hydrogen-bond acceptors (Lipinski definition) is 5. The summed E-state index contributed by atoms with van der Waals surface area (Å²) in [6.45, 7) is 4.20. The maximum absolute atomic E-state index is 5.78. The van der Waals surface area contributed by atoms with Crippen LogP contribution in [0.3, 0.4) is 0 Å². The largest absolute Gasteiger partial charge is 0.382 e. The van der Waals surface area contributed by atoms with Crippen molar-refractivity contribution in [2.45, 2.75) is 33.1 Å². The molecule has 0 fully saturated rings. The van der Waals surface area contributed by atoms with Crippen molar-refractivity contribution in [2.75, 3.05) is 11.5 Å². The number of aromatic nitrogens is 3. The van der Waals surface area contributed by atoms with Crippen LogP contribution in [0.1, 0.15) is 30.9 Å². The van der Waals surface area contributed by atoms with E-state index >= 15 is 0 Å². The quantitative estimate of drug-likeness (QED) is 0.841. The minimum atomic E-state index is 0.201. The van der Waals surface area contributed by atoms with Crippen LogP contribution >= 0.6 is 0 Å². The minimum absolute atomic E-state index is 0.201.